The van der Waals surface area contributed by atoms with Gasteiger partial charge in [-0.25, -0.2) is 0 Å². The second-order valence-electron chi connectivity index (χ2n) is 1.47. The molecule has 0 aliphatic heterocycles. The molecule has 0 aromatic carbocycles. The molecule has 1 aliphatic carbocycles. The van der Waals surface area contributed by atoms with E-state index in [9.17, 15) is 0 Å². The third-order valence-electron chi connectivity index (χ3n) is 0.826. The first-order valence-electron chi connectivity index (χ1n) is 2.07. The van der Waals surface area contributed by atoms with E-state index in [2.05, 4.69) is 5.43 Å². The van der Waals surface area contributed by atoms with Gasteiger partial charge >= 0.3 is 0 Å². The van der Waals surface area contributed by atoms with E-state index < -0.39 is 0 Å². The smallest absolute Gasteiger partial charge is 0.0115 e. The van der Waals surface area contributed by atoms with Gasteiger partial charge in [0.1, 0.15) is 0 Å². The van der Waals surface area contributed by atoms with Crippen LogP contribution in [0.5, 0.6) is 0 Å². The van der Waals surface area contributed by atoms with Crippen LogP contribution in [0.3, 0.4) is 0 Å². The average molecular weight is 84.1 g/mol. The Morgan fingerprint density at radius 2 is 2.33 bits per heavy atom. The number of hydrogen-bond acceptors (Lipinski definition) is 2. The van der Waals surface area contributed by atoms with Gasteiger partial charge in [-0.05, 0) is 12.8 Å². The van der Waals surface area contributed by atoms with Crippen LogP contribution in [-0.2, 0) is 0 Å². The minimum Gasteiger partial charge on any atom is -0.331 e. The van der Waals surface area contributed by atoms with Crippen molar-refractivity contribution in [3.8, 4) is 0 Å². The Hall–Kier alpha value is -0.500. The highest BCUT2D eigenvalue weighted by Crippen LogP contribution is 2.25. The van der Waals surface area contributed by atoms with Gasteiger partial charge in [-0.1, -0.05) is 5.57 Å². The summed E-state index contributed by atoms with van der Waals surface area (Å²) in [5, 5.41) is 0. The van der Waals surface area contributed by atoms with Crippen LogP contribution in [0.2, 0.25) is 0 Å². The van der Waals surface area contributed by atoms with Gasteiger partial charge in [-0.3, -0.25) is 5.84 Å². The van der Waals surface area contributed by atoms with Crippen molar-refractivity contribution in [2.24, 2.45) is 5.84 Å². The van der Waals surface area contributed by atoms with Crippen molar-refractivity contribution >= 4 is 0 Å². The summed E-state index contributed by atoms with van der Waals surface area (Å²) in [7, 11) is 0. The molecule has 2 nitrogen and oxygen atoms in total. The quantitative estimate of drug-likeness (QED) is 0.350. The molecule has 0 amide bonds. The van der Waals surface area contributed by atoms with E-state index in [0.29, 0.717) is 0 Å². The maximum atomic E-state index is 4.94. The fourth-order valence-electron chi connectivity index (χ4n) is 0.334. The predicted molar refractivity (Wildman–Crippen MR) is 24.6 cm³/mol. The van der Waals surface area contributed by atoms with Crippen molar-refractivity contribution in [3.63, 3.8) is 0 Å². The Labute approximate surface area is 37.0 Å². The monoisotopic (exact) mass is 84.1 g/mol. The average Bonchev–Trinajstić information content (AvgIpc) is 2.21. The number of hydrazine groups is 1. The first kappa shape index (κ1) is 3.68. The molecular formula is C4H8N2. The first-order valence-corrected chi connectivity index (χ1v) is 2.07. The summed E-state index contributed by atoms with van der Waals surface area (Å²) < 4.78 is 0. The molecule has 3 N–H and O–H groups in total. The van der Waals surface area contributed by atoms with Gasteiger partial charge in [0.15, 0.2) is 0 Å². The van der Waals surface area contributed by atoms with Crippen LogP contribution >= 0.6 is 0 Å². The first-order chi connectivity index (χ1) is 2.93. The largest absolute Gasteiger partial charge is 0.331 e. The molecule has 1 rings (SSSR count). The minimum absolute atomic E-state index is 1.24. The molecule has 0 atom stereocenters. The minimum atomic E-state index is 1.24. The predicted octanol–water partition coefficient (Wildman–Crippen LogP) is 0.127. The standard InChI is InChI=1S/C4H8N2/c5-6-3-4-1-2-4/h3,6H,1-2,5H2. The molecule has 1 fully saturated rings. The zero-order chi connectivity index (χ0) is 4.41. The maximum Gasteiger partial charge on any atom is 0.0115 e. The van der Waals surface area contributed by atoms with Gasteiger partial charge in [-0.15, -0.1) is 0 Å². The van der Waals surface area contributed by atoms with E-state index in [0.717, 1.165) is 0 Å². The lowest BCUT2D eigenvalue weighted by molar-refractivity contribution is 0.963. The number of allylic oxidation sites excluding steroid dienone is 1. The van der Waals surface area contributed by atoms with Crippen LogP contribution in [0.15, 0.2) is 11.8 Å². The highest BCUT2D eigenvalue weighted by atomic mass is 15.2. The van der Waals surface area contributed by atoms with Crippen molar-refractivity contribution in [1.82, 2.24) is 5.43 Å². The van der Waals surface area contributed by atoms with Crippen molar-refractivity contribution in [2.75, 3.05) is 0 Å². The topological polar surface area (TPSA) is 38.0 Å². The molecule has 6 heavy (non-hydrogen) atoms. The molecule has 1 aliphatic rings. The lowest BCUT2D eigenvalue weighted by Gasteiger charge is -1.77. The van der Waals surface area contributed by atoms with Gasteiger partial charge in [0, 0.05) is 6.20 Å². The summed E-state index contributed by atoms with van der Waals surface area (Å²) in [6.07, 6.45) is 4.33. The normalized spacial score (nSPS) is 17.2. The van der Waals surface area contributed by atoms with E-state index in [1.165, 1.54) is 18.4 Å². The number of nitrogens with one attached hydrogen (secondary N) is 1. The molecule has 0 saturated heterocycles. The number of nitrogens with two attached hydrogens (primary N) is 1. The van der Waals surface area contributed by atoms with E-state index >= 15 is 0 Å². The van der Waals surface area contributed by atoms with Crippen LogP contribution in [0.1, 0.15) is 12.8 Å². The van der Waals surface area contributed by atoms with Crippen LogP contribution in [-0.4, -0.2) is 0 Å². The van der Waals surface area contributed by atoms with E-state index in [1.54, 1.807) is 0 Å². The van der Waals surface area contributed by atoms with Gasteiger partial charge in [0.2, 0.25) is 0 Å². The number of rotatable bonds is 1. The summed E-state index contributed by atoms with van der Waals surface area (Å²) in [6, 6.07) is 0. The third kappa shape index (κ3) is 0.723. The zero-order valence-electron chi connectivity index (χ0n) is 3.57. The van der Waals surface area contributed by atoms with Crippen LogP contribution in [0.4, 0.5) is 0 Å². The van der Waals surface area contributed by atoms with Crippen molar-refractivity contribution in [1.29, 1.82) is 0 Å². The molecule has 0 spiro atoms. The van der Waals surface area contributed by atoms with Gasteiger partial charge in [0.05, 0.1) is 0 Å². The van der Waals surface area contributed by atoms with E-state index in [-0.39, 0.29) is 0 Å². The summed E-state index contributed by atoms with van der Waals surface area (Å²) in [4.78, 5) is 0. The summed E-state index contributed by atoms with van der Waals surface area (Å²) in [6.45, 7) is 0. The molecule has 34 valence electrons. The second kappa shape index (κ2) is 1.30. The van der Waals surface area contributed by atoms with Crippen molar-refractivity contribution < 1.29 is 0 Å². The molecule has 0 aromatic rings. The zero-order valence-corrected chi connectivity index (χ0v) is 3.57. The SMILES string of the molecule is NNC=C1CC1. The van der Waals surface area contributed by atoms with Crippen molar-refractivity contribution in [2.45, 2.75) is 12.8 Å². The Morgan fingerprint density at radius 1 is 1.67 bits per heavy atom. The molecule has 1 saturated carbocycles. The summed E-state index contributed by atoms with van der Waals surface area (Å²) >= 11 is 0. The fraction of sp³-hybridized carbons (Fsp3) is 0.500. The highest BCUT2D eigenvalue weighted by Gasteiger charge is 2.08. The van der Waals surface area contributed by atoms with E-state index in [4.69, 9.17) is 5.84 Å². The Kier molecular flexibility index (Phi) is 0.801. The molecule has 2 heteroatoms. The second-order valence-corrected chi connectivity index (χ2v) is 1.47. The lowest BCUT2D eigenvalue weighted by Crippen LogP contribution is -2.12. The summed E-state index contributed by atoms with van der Waals surface area (Å²) in [5.74, 6) is 4.94. The van der Waals surface area contributed by atoms with E-state index in [1.807, 2.05) is 6.20 Å². The molecular weight excluding hydrogens is 76.1 g/mol. The van der Waals surface area contributed by atoms with Crippen LogP contribution < -0.4 is 11.3 Å². The maximum absolute atomic E-state index is 4.94. The molecule has 0 heterocycles. The van der Waals surface area contributed by atoms with Crippen LogP contribution in [0, 0.1) is 0 Å². The number of hydrogen-bond donors (Lipinski definition) is 2. The fourth-order valence-corrected chi connectivity index (χ4v) is 0.334. The van der Waals surface area contributed by atoms with Crippen LogP contribution in [0.25, 0.3) is 0 Å². The highest BCUT2D eigenvalue weighted by molar-refractivity contribution is 5.14. The molecule has 0 aromatic heterocycles. The lowest BCUT2D eigenvalue weighted by atomic mass is 10.7. The molecule has 0 bridgehead atoms. The van der Waals surface area contributed by atoms with Gasteiger partial charge in [0.25, 0.3) is 0 Å². The Bertz CT molecular complexity index is 69.6. The summed E-state index contributed by atoms with van der Waals surface area (Å²) in [5.41, 5.74) is 3.90. The van der Waals surface area contributed by atoms with Gasteiger partial charge < -0.3 is 5.43 Å². The Morgan fingerprint density at radius 3 is 2.50 bits per heavy atom. The third-order valence-corrected chi connectivity index (χ3v) is 0.826. The molecule has 0 radical (unpaired) electrons. The molecule has 0 unspecified atom stereocenters. The van der Waals surface area contributed by atoms with Gasteiger partial charge in [-0.2, -0.15) is 0 Å². The Balaban J connectivity index is 2.24. The van der Waals surface area contributed by atoms with Crippen molar-refractivity contribution in [3.05, 3.63) is 11.8 Å².